The van der Waals surface area contributed by atoms with Crippen LogP contribution in [-0.4, -0.2) is 22.3 Å². The fraction of sp³-hybridized carbons (Fsp3) is 0.238. The molecule has 3 heteroatoms. The highest BCUT2D eigenvalue weighted by Crippen LogP contribution is 2.35. The number of likely N-dealkylation sites (tertiary alicyclic amines) is 1. The molecule has 1 aromatic heterocycles. The molecule has 24 heavy (non-hydrogen) atoms. The van der Waals surface area contributed by atoms with Crippen LogP contribution in [0.2, 0.25) is 0 Å². The summed E-state index contributed by atoms with van der Waals surface area (Å²) in [5.74, 6) is 0.108. The van der Waals surface area contributed by atoms with E-state index in [9.17, 15) is 4.79 Å². The quantitative estimate of drug-likeness (QED) is 0.700. The van der Waals surface area contributed by atoms with Gasteiger partial charge in [-0.15, -0.1) is 0 Å². The Kier molecular flexibility index (Phi) is 3.57. The van der Waals surface area contributed by atoms with E-state index in [0.717, 1.165) is 40.7 Å². The van der Waals surface area contributed by atoms with E-state index in [0.29, 0.717) is 0 Å². The standard InChI is InChI=1S/C21H20N2O/c1-14-8-9-19-17(12-14)18(13-15(2)22-19)21(24)23-11-10-20(23)16-6-4-3-5-7-16/h3-9,12-13,20H,10-11H2,1-2H3. The Balaban J connectivity index is 1.75. The van der Waals surface area contributed by atoms with Crippen molar-refractivity contribution in [3.63, 3.8) is 0 Å². The third kappa shape index (κ3) is 2.46. The monoisotopic (exact) mass is 316 g/mol. The van der Waals surface area contributed by atoms with Crippen molar-refractivity contribution in [1.82, 2.24) is 9.88 Å². The normalized spacial score (nSPS) is 16.9. The van der Waals surface area contributed by atoms with Crippen LogP contribution in [0.4, 0.5) is 0 Å². The van der Waals surface area contributed by atoms with Gasteiger partial charge in [-0.05, 0) is 44.0 Å². The molecule has 0 saturated carbocycles. The van der Waals surface area contributed by atoms with E-state index in [1.54, 1.807) is 0 Å². The lowest BCUT2D eigenvalue weighted by molar-refractivity contribution is 0.0462. The van der Waals surface area contributed by atoms with Crippen LogP contribution in [0.5, 0.6) is 0 Å². The van der Waals surface area contributed by atoms with Crippen molar-refractivity contribution in [2.75, 3.05) is 6.54 Å². The molecule has 0 aliphatic carbocycles. The number of carbonyl (C=O) groups excluding carboxylic acids is 1. The first-order chi connectivity index (χ1) is 11.6. The molecular formula is C21H20N2O. The van der Waals surface area contributed by atoms with Gasteiger partial charge in [-0.2, -0.15) is 0 Å². The molecule has 3 aromatic rings. The van der Waals surface area contributed by atoms with Gasteiger partial charge in [0.25, 0.3) is 5.91 Å². The number of hydrogen-bond donors (Lipinski definition) is 0. The van der Waals surface area contributed by atoms with Crippen molar-refractivity contribution < 1.29 is 4.79 Å². The zero-order chi connectivity index (χ0) is 16.7. The zero-order valence-electron chi connectivity index (χ0n) is 14.0. The third-order valence-corrected chi connectivity index (χ3v) is 4.79. The summed E-state index contributed by atoms with van der Waals surface area (Å²) in [6.45, 7) is 4.80. The summed E-state index contributed by atoms with van der Waals surface area (Å²) in [7, 11) is 0. The molecule has 1 amide bonds. The number of benzene rings is 2. The molecule has 1 saturated heterocycles. The molecule has 2 aromatic carbocycles. The lowest BCUT2D eigenvalue weighted by Gasteiger charge is -2.41. The molecule has 0 N–H and O–H groups in total. The smallest absolute Gasteiger partial charge is 0.255 e. The van der Waals surface area contributed by atoms with E-state index in [2.05, 4.69) is 23.2 Å². The van der Waals surface area contributed by atoms with E-state index in [4.69, 9.17) is 0 Å². The minimum Gasteiger partial charge on any atom is -0.331 e. The second kappa shape index (κ2) is 5.75. The molecule has 1 fully saturated rings. The molecule has 3 nitrogen and oxygen atoms in total. The summed E-state index contributed by atoms with van der Waals surface area (Å²) in [5, 5.41) is 0.948. The van der Waals surface area contributed by atoms with E-state index in [-0.39, 0.29) is 11.9 Å². The van der Waals surface area contributed by atoms with Crippen LogP contribution in [0.3, 0.4) is 0 Å². The Bertz CT molecular complexity index is 918. The second-order valence-corrected chi connectivity index (χ2v) is 6.55. The Labute approximate surface area is 141 Å². The molecule has 0 bridgehead atoms. The Morgan fingerprint density at radius 2 is 1.88 bits per heavy atom. The third-order valence-electron chi connectivity index (χ3n) is 4.79. The number of nitrogens with zero attached hydrogens (tertiary/aromatic N) is 2. The van der Waals surface area contributed by atoms with Crippen LogP contribution in [0.15, 0.2) is 54.6 Å². The maximum Gasteiger partial charge on any atom is 0.255 e. The van der Waals surface area contributed by atoms with Gasteiger partial charge in [0.1, 0.15) is 0 Å². The minimum absolute atomic E-state index is 0.108. The number of rotatable bonds is 2. The van der Waals surface area contributed by atoms with Crippen LogP contribution < -0.4 is 0 Å². The van der Waals surface area contributed by atoms with Crippen molar-refractivity contribution in [2.45, 2.75) is 26.3 Å². The van der Waals surface area contributed by atoms with E-state index < -0.39 is 0 Å². The van der Waals surface area contributed by atoms with Crippen molar-refractivity contribution >= 4 is 16.8 Å². The Morgan fingerprint density at radius 1 is 1.08 bits per heavy atom. The lowest BCUT2D eigenvalue weighted by Crippen LogP contribution is -2.45. The SMILES string of the molecule is Cc1ccc2nc(C)cc(C(=O)N3CCC3c3ccccc3)c2c1. The van der Waals surface area contributed by atoms with Crippen LogP contribution in [0, 0.1) is 13.8 Å². The molecule has 2 heterocycles. The summed E-state index contributed by atoms with van der Waals surface area (Å²) in [5.41, 5.74) is 4.89. The average molecular weight is 316 g/mol. The van der Waals surface area contributed by atoms with Gasteiger partial charge in [-0.25, -0.2) is 0 Å². The van der Waals surface area contributed by atoms with E-state index in [1.807, 2.05) is 55.1 Å². The highest BCUT2D eigenvalue weighted by Gasteiger charge is 2.34. The summed E-state index contributed by atoms with van der Waals surface area (Å²) in [4.78, 5) is 19.7. The largest absolute Gasteiger partial charge is 0.331 e. The van der Waals surface area contributed by atoms with Crippen LogP contribution in [0.25, 0.3) is 10.9 Å². The predicted octanol–water partition coefficient (Wildman–Crippen LogP) is 4.44. The van der Waals surface area contributed by atoms with Crippen molar-refractivity contribution in [2.24, 2.45) is 0 Å². The first-order valence-electron chi connectivity index (χ1n) is 8.37. The van der Waals surface area contributed by atoms with E-state index >= 15 is 0 Å². The van der Waals surface area contributed by atoms with Gasteiger partial charge >= 0.3 is 0 Å². The summed E-state index contributed by atoms with van der Waals surface area (Å²) >= 11 is 0. The fourth-order valence-corrected chi connectivity index (χ4v) is 3.46. The minimum atomic E-state index is 0.108. The molecule has 120 valence electrons. The van der Waals surface area contributed by atoms with Gasteiger partial charge in [0.15, 0.2) is 0 Å². The molecular weight excluding hydrogens is 296 g/mol. The van der Waals surface area contributed by atoms with Crippen molar-refractivity contribution in [3.05, 3.63) is 77.0 Å². The molecule has 1 atom stereocenters. The van der Waals surface area contributed by atoms with Crippen LogP contribution in [0.1, 0.15) is 39.6 Å². The summed E-state index contributed by atoms with van der Waals surface area (Å²) < 4.78 is 0. The highest BCUT2D eigenvalue weighted by atomic mass is 16.2. The highest BCUT2D eigenvalue weighted by molar-refractivity contribution is 6.06. The zero-order valence-corrected chi connectivity index (χ0v) is 14.0. The van der Waals surface area contributed by atoms with E-state index in [1.165, 1.54) is 5.56 Å². The van der Waals surface area contributed by atoms with Gasteiger partial charge in [0.2, 0.25) is 0 Å². The number of pyridine rings is 1. The van der Waals surface area contributed by atoms with Crippen molar-refractivity contribution in [3.8, 4) is 0 Å². The molecule has 1 aliphatic heterocycles. The number of aromatic nitrogens is 1. The maximum absolute atomic E-state index is 13.2. The summed E-state index contributed by atoms with van der Waals surface area (Å²) in [6, 6.07) is 18.5. The van der Waals surface area contributed by atoms with Gasteiger partial charge in [0, 0.05) is 17.6 Å². The predicted molar refractivity (Wildman–Crippen MR) is 96.1 cm³/mol. The molecule has 1 aliphatic rings. The number of aryl methyl sites for hydroxylation is 2. The molecule has 4 rings (SSSR count). The summed E-state index contributed by atoms with van der Waals surface area (Å²) in [6.07, 6.45) is 1.02. The number of hydrogen-bond acceptors (Lipinski definition) is 2. The first-order valence-corrected chi connectivity index (χ1v) is 8.37. The molecule has 1 unspecified atom stereocenters. The maximum atomic E-state index is 13.2. The Morgan fingerprint density at radius 3 is 2.58 bits per heavy atom. The Hall–Kier alpha value is -2.68. The topological polar surface area (TPSA) is 33.2 Å². The van der Waals surface area contributed by atoms with Gasteiger partial charge in [-0.3, -0.25) is 9.78 Å². The van der Waals surface area contributed by atoms with Gasteiger partial charge in [-0.1, -0.05) is 42.0 Å². The lowest BCUT2D eigenvalue weighted by atomic mass is 9.93. The van der Waals surface area contributed by atoms with Gasteiger partial charge < -0.3 is 4.90 Å². The van der Waals surface area contributed by atoms with Crippen LogP contribution >= 0.6 is 0 Å². The van der Waals surface area contributed by atoms with Gasteiger partial charge in [0.05, 0.1) is 17.1 Å². The molecule has 0 spiro atoms. The van der Waals surface area contributed by atoms with Crippen LogP contribution in [-0.2, 0) is 0 Å². The first kappa shape index (κ1) is 14.9. The second-order valence-electron chi connectivity index (χ2n) is 6.55. The number of fused-ring (bicyclic) bond motifs is 1. The fourth-order valence-electron chi connectivity index (χ4n) is 3.46. The number of amides is 1. The average Bonchev–Trinajstić information content (AvgIpc) is 2.54. The van der Waals surface area contributed by atoms with Crippen molar-refractivity contribution in [1.29, 1.82) is 0 Å². The number of carbonyl (C=O) groups is 1. The molecule has 0 radical (unpaired) electrons.